The number of rotatable bonds is 7. The van der Waals surface area contributed by atoms with Crippen molar-refractivity contribution in [3.8, 4) is 0 Å². The lowest BCUT2D eigenvalue weighted by Gasteiger charge is -2.26. The highest BCUT2D eigenvalue weighted by Gasteiger charge is 2.28. The highest BCUT2D eigenvalue weighted by Crippen LogP contribution is 2.16. The van der Waals surface area contributed by atoms with Gasteiger partial charge in [-0.2, -0.15) is 0 Å². The summed E-state index contributed by atoms with van der Waals surface area (Å²) in [5.74, 6) is 0.583. The number of pyridine rings is 1. The summed E-state index contributed by atoms with van der Waals surface area (Å²) in [5.41, 5.74) is 2.25. The van der Waals surface area contributed by atoms with Crippen LogP contribution in [-0.4, -0.2) is 48.8 Å². The van der Waals surface area contributed by atoms with Crippen LogP contribution in [0.4, 0.5) is 0 Å². The normalized spacial score (nSPS) is 22.6. The van der Waals surface area contributed by atoms with Crippen LogP contribution in [0.5, 0.6) is 0 Å². The number of hydrogen-bond donors (Lipinski definition) is 1. The highest BCUT2D eigenvalue weighted by atomic mass is 16.5. The van der Waals surface area contributed by atoms with Crippen molar-refractivity contribution in [2.45, 2.75) is 33.4 Å². The topological polar surface area (TPSA) is 37.4 Å². The summed E-state index contributed by atoms with van der Waals surface area (Å²) in [5, 5.41) is 3.53. The second-order valence-corrected chi connectivity index (χ2v) is 5.56. The third-order valence-corrected chi connectivity index (χ3v) is 3.94. The van der Waals surface area contributed by atoms with Crippen LogP contribution in [0.15, 0.2) is 18.2 Å². The van der Waals surface area contributed by atoms with Crippen molar-refractivity contribution in [1.82, 2.24) is 15.2 Å². The van der Waals surface area contributed by atoms with Crippen LogP contribution in [0.2, 0.25) is 0 Å². The Kier molecular flexibility index (Phi) is 5.95. The number of aromatic nitrogens is 1. The molecule has 20 heavy (non-hydrogen) atoms. The molecule has 0 radical (unpaired) electrons. The molecule has 0 bridgehead atoms. The summed E-state index contributed by atoms with van der Waals surface area (Å²) in [6, 6.07) is 6.75. The molecule has 2 atom stereocenters. The number of aryl methyl sites for hydroxylation is 1. The first-order chi connectivity index (χ1) is 9.72. The van der Waals surface area contributed by atoms with Crippen LogP contribution in [0.25, 0.3) is 0 Å². The lowest BCUT2D eigenvalue weighted by atomic mass is 10.0. The van der Waals surface area contributed by atoms with Crippen molar-refractivity contribution in [2.75, 3.05) is 32.8 Å². The second-order valence-electron chi connectivity index (χ2n) is 5.56. The molecular weight excluding hydrogens is 250 g/mol. The van der Waals surface area contributed by atoms with E-state index in [1.54, 1.807) is 0 Å². The predicted molar refractivity (Wildman–Crippen MR) is 81.7 cm³/mol. The smallest absolute Gasteiger partial charge is 0.0623 e. The fourth-order valence-electron chi connectivity index (χ4n) is 2.82. The molecule has 0 spiro atoms. The van der Waals surface area contributed by atoms with E-state index in [2.05, 4.69) is 41.2 Å². The zero-order valence-electron chi connectivity index (χ0n) is 12.9. The van der Waals surface area contributed by atoms with Gasteiger partial charge in [-0.1, -0.05) is 19.9 Å². The fourth-order valence-corrected chi connectivity index (χ4v) is 2.82. The molecule has 1 N–H and O–H groups in total. The summed E-state index contributed by atoms with van der Waals surface area (Å²) in [6.45, 7) is 12.2. The van der Waals surface area contributed by atoms with Gasteiger partial charge in [-0.05, 0) is 32.1 Å². The SMILES string of the molecule is CCNC1COCC1CN(CC)Cc1cccc(C)n1. The molecule has 1 aliphatic heterocycles. The molecular formula is C16H27N3O. The van der Waals surface area contributed by atoms with Gasteiger partial charge in [-0.3, -0.25) is 9.88 Å². The van der Waals surface area contributed by atoms with Gasteiger partial charge in [0.25, 0.3) is 0 Å². The Hall–Kier alpha value is -0.970. The minimum Gasteiger partial charge on any atom is -0.379 e. The zero-order valence-corrected chi connectivity index (χ0v) is 12.9. The second kappa shape index (κ2) is 7.72. The third kappa shape index (κ3) is 4.27. The first-order valence-electron chi connectivity index (χ1n) is 7.69. The molecule has 0 saturated carbocycles. The zero-order chi connectivity index (χ0) is 14.4. The van der Waals surface area contributed by atoms with Crippen LogP contribution < -0.4 is 5.32 Å². The summed E-state index contributed by atoms with van der Waals surface area (Å²) < 4.78 is 5.63. The minimum atomic E-state index is 0.500. The molecule has 0 aliphatic carbocycles. The fraction of sp³-hybridized carbons (Fsp3) is 0.688. The van der Waals surface area contributed by atoms with Crippen molar-refractivity contribution < 1.29 is 4.74 Å². The highest BCUT2D eigenvalue weighted by molar-refractivity contribution is 5.09. The number of hydrogen-bond acceptors (Lipinski definition) is 4. The van der Waals surface area contributed by atoms with E-state index in [4.69, 9.17) is 4.74 Å². The van der Waals surface area contributed by atoms with E-state index in [0.29, 0.717) is 12.0 Å². The molecule has 0 amide bonds. The lowest BCUT2D eigenvalue weighted by Crippen LogP contribution is -2.41. The molecule has 0 aromatic carbocycles. The molecule has 4 heteroatoms. The summed E-state index contributed by atoms with van der Waals surface area (Å²) >= 11 is 0. The molecule has 1 saturated heterocycles. The van der Waals surface area contributed by atoms with Gasteiger partial charge in [0.1, 0.15) is 0 Å². The first kappa shape index (κ1) is 15.4. The standard InChI is InChI=1S/C16H27N3O/c1-4-17-16-12-20-11-14(16)9-19(5-2)10-15-8-6-7-13(3)18-15/h6-8,14,16-17H,4-5,9-12H2,1-3H3. The molecule has 1 aromatic rings. The number of nitrogens with zero attached hydrogens (tertiary/aromatic N) is 2. The average molecular weight is 277 g/mol. The Morgan fingerprint density at radius 1 is 1.35 bits per heavy atom. The molecule has 1 aromatic heterocycles. The summed E-state index contributed by atoms with van der Waals surface area (Å²) in [4.78, 5) is 7.07. The van der Waals surface area contributed by atoms with Crippen LogP contribution in [0.1, 0.15) is 25.2 Å². The largest absolute Gasteiger partial charge is 0.379 e. The Balaban J connectivity index is 1.91. The van der Waals surface area contributed by atoms with Crippen molar-refractivity contribution in [2.24, 2.45) is 5.92 Å². The predicted octanol–water partition coefficient (Wildman–Crippen LogP) is 1.84. The van der Waals surface area contributed by atoms with E-state index < -0.39 is 0 Å². The van der Waals surface area contributed by atoms with E-state index in [1.807, 2.05) is 13.0 Å². The van der Waals surface area contributed by atoms with E-state index in [1.165, 1.54) is 0 Å². The van der Waals surface area contributed by atoms with Crippen LogP contribution in [0.3, 0.4) is 0 Å². The Morgan fingerprint density at radius 2 is 2.20 bits per heavy atom. The van der Waals surface area contributed by atoms with Crippen molar-refractivity contribution in [3.05, 3.63) is 29.6 Å². The van der Waals surface area contributed by atoms with Gasteiger partial charge < -0.3 is 10.1 Å². The minimum absolute atomic E-state index is 0.500. The van der Waals surface area contributed by atoms with Gasteiger partial charge in [0.05, 0.1) is 18.9 Å². The van der Waals surface area contributed by atoms with E-state index >= 15 is 0 Å². The van der Waals surface area contributed by atoms with Gasteiger partial charge in [-0.25, -0.2) is 0 Å². The molecule has 2 unspecified atom stereocenters. The maximum Gasteiger partial charge on any atom is 0.0623 e. The van der Waals surface area contributed by atoms with Gasteiger partial charge in [0.2, 0.25) is 0 Å². The monoisotopic (exact) mass is 277 g/mol. The van der Waals surface area contributed by atoms with Crippen molar-refractivity contribution in [3.63, 3.8) is 0 Å². The van der Waals surface area contributed by atoms with Gasteiger partial charge >= 0.3 is 0 Å². The third-order valence-electron chi connectivity index (χ3n) is 3.94. The molecule has 1 fully saturated rings. The van der Waals surface area contributed by atoms with Crippen LogP contribution in [0, 0.1) is 12.8 Å². The molecule has 2 rings (SSSR count). The summed E-state index contributed by atoms with van der Waals surface area (Å²) in [6.07, 6.45) is 0. The van der Waals surface area contributed by atoms with E-state index in [9.17, 15) is 0 Å². The van der Waals surface area contributed by atoms with Crippen LogP contribution >= 0.6 is 0 Å². The Labute approximate surface area is 122 Å². The van der Waals surface area contributed by atoms with Gasteiger partial charge in [-0.15, -0.1) is 0 Å². The number of nitrogens with one attached hydrogen (secondary N) is 1. The van der Waals surface area contributed by atoms with Crippen molar-refractivity contribution in [1.29, 1.82) is 0 Å². The quantitative estimate of drug-likeness (QED) is 0.825. The van der Waals surface area contributed by atoms with E-state index in [0.717, 1.165) is 50.8 Å². The molecule has 1 aliphatic rings. The van der Waals surface area contributed by atoms with Crippen LogP contribution in [-0.2, 0) is 11.3 Å². The molecule has 2 heterocycles. The average Bonchev–Trinajstić information content (AvgIpc) is 2.86. The Bertz CT molecular complexity index is 410. The summed E-state index contributed by atoms with van der Waals surface area (Å²) in [7, 11) is 0. The maximum atomic E-state index is 5.63. The Morgan fingerprint density at radius 3 is 2.90 bits per heavy atom. The molecule has 4 nitrogen and oxygen atoms in total. The van der Waals surface area contributed by atoms with Gasteiger partial charge in [0.15, 0.2) is 0 Å². The number of ether oxygens (including phenoxy) is 1. The molecule has 112 valence electrons. The van der Waals surface area contributed by atoms with Gasteiger partial charge in [0, 0.05) is 30.7 Å². The van der Waals surface area contributed by atoms with E-state index in [-0.39, 0.29) is 0 Å². The lowest BCUT2D eigenvalue weighted by molar-refractivity contribution is 0.166. The van der Waals surface area contributed by atoms with Crippen molar-refractivity contribution >= 4 is 0 Å². The first-order valence-corrected chi connectivity index (χ1v) is 7.69. The maximum absolute atomic E-state index is 5.63. The number of likely N-dealkylation sites (N-methyl/N-ethyl adjacent to an activating group) is 1.